The normalized spacial score (nSPS) is 37.5. The number of amides is 1. The maximum absolute atomic E-state index is 13.0. The van der Waals surface area contributed by atoms with Crippen molar-refractivity contribution >= 4 is 14.0 Å². The summed E-state index contributed by atoms with van der Waals surface area (Å²) >= 11 is 0. The second-order valence-electron chi connectivity index (χ2n) is 10.2. The summed E-state index contributed by atoms with van der Waals surface area (Å²) in [7, 11) is -1.89. The van der Waals surface area contributed by atoms with Gasteiger partial charge in [-0.05, 0) is 50.7 Å². The standard InChI is InChI=1S/C24H40NOSi/c1-17-18(2)20(4)21(19(17)3)23-15-13-11-9-7-8-10-12-14-16-24(23,22(25)26)27(23,5)6/h19,25H,7-16H2,1-6H3. The molecule has 0 aromatic rings. The van der Waals surface area contributed by atoms with Gasteiger partial charge in [-0.15, -0.1) is 0 Å². The molecule has 1 heterocycles. The van der Waals surface area contributed by atoms with Crippen molar-refractivity contribution in [2.45, 2.75) is 115 Å². The van der Waals surface area contributed by atoms with Crippen LogP contribution in [-0.2, 0) is 4.79 Å². The van der Waals surface area contributed by atoms with Gasteiger partial charge in [0, 0.05) is 5.04 Å². The maximum Gasteiger partial charge on any atom is 0.242 e. The van der Waals surface area contributed by atoms with Crippen LogP contribution in [0, 0.1) is 5.92 Å². The summed E-state index contributed by atoms with van der Waals surface area (Å²) in [4.78, 5) is 13.0. The van der Waals surface area contributed by atoms with Crippen molar-refractivity contribution in [3.63, 3.8) is 0 Å². The van der Waals surface area contributed by atoms with E-state index in [4.69, 9.17) is 5.73 Å². The Labute approximate surface area is 168 Å². The van der Waals surface area contributed by atoms with Crippen molar-refractivity contribution in [2.24, 2.45) is 5.92 Å². The quantitative estimate of drug-likeness (QED) is 0.462. The zero-order valence-electron chi connectivity index (χ0n) is 18.6. The minimum absolute atomic E-state index is 0.0283. The predicted molar refractivity (Wildman–Crippen MR) is 117 cm³/mol. The molecule has 2 nitrogen and oxygen atoms in total. The van der Waals surface area contributed by atoms with Crippen molar-refractivity contribution in [1.82, 2.24) is 5.73 Å². The van der Waals surface area contributed by atoms with Crippen molar-refractivity contribution in [3.05, 3.63) is 22.3 Å². The molecule has 1 saturated heterocycles. The van der Waals surface area contributed by atoms with E-state index in [9.17, 15) is 4.79 Å². The van der Waals surface area contributed by atoms with E-state index in [2.05, 4.69) is 40.8 Å². The van der Waals surface area contributed by atoms with Crippen molar-refractivity contribution in [2.75, 3.05) is 0 Å². The Morgan fingerprint density at radius 3 is 1.81 bits per heavy atom. The summed E-state index contributed by atoms with van der Waals surface area (Å²) in [5.41, 5.74) is 14.4. The lowest BCUT2D eigenvalue weighted by Gasteiger charge is -2.31. The largest absolute Gasteiger partial charge is 0.273 e. The molecule has 27 heavy (non-hydrogen) atoms. The molecule has 2 fully saturated rings. The number of carbonyl (C=O) groups is 1. The van der Waals surface area contributed by atoms with Gasteiger partial charge < -0.3 is 0 Å². The molecule has 3 aliphatic rings. The van der Waals surface area contributed by atoms with E-state index in [-0.39, 0.29) is 16.0 Å². The molecule has 3 heteroatoms. The number of hydrogen-bond donors (Lipinski definition) is 0. The summed E-state index contributed by atoms with van der Waals surface area (Å²) in [5, 5.41) is -0.310. The Kier molecular flexibility index (Phi) is 5.57. The average Bonchev–Trinajstić information content (AvgIpc) is 2.94. The second-order valence-corrected chi connectivity index (χ2v) is 15.1. The van der Waals surface area contributed by atoms with Gasteiger partial charge in [0.25, 0.3) is 0 Å². The van der Waals surface area contributed by atoms with E-state index in [0.29, 0.717) is 5.92 Å². The lowest BCUT2D eigenvalue weighted by Crippen LogP contribution is -2.22. The molecule has 1 N–H and O–H groups in total. The van der Waals surface area contributed by atoms with Crippen molar-refractivity contribution in [1.29, 1.82) is 0 Å². The van der Waals surface area contributed by atoms with Crippen LogP contribution in [0.5, 0.6) is 0 Å². The summed E-state index contributed by atoms with van der Waals surface area (Å²) in [6.07, 6.45) is 12.4. The molecule has 1 saturated carbocycles. The van der Waals surface area contributed by atoms with Crippen molar-refractivity contribution in [3.8, 4) is 0 Å². The van der Waals surface area contributed by atoms with E-state index in [1.54, 1.807) is 5.57 Å². The smallest absolute Gasteiger partial charge is 0.242 e. The fraction of sp³-hybridized carbons (Fsp3) is 0.792. The highest BCUT2D eigenvalue weighted by atomic mass is 28.3. The second kappa shape index (κ2) is 7.20. The molecular weight excluding hydrogens is 346 g/mol. The van der Waals surface area contributed by atoms with E-state index < -0.39 is 8.07 Å². The fourth-order valence-corrected chi connectivity index (χ4v) is 13.9. The SMILES string of the molecule is CC1=C(C)C(C)C(C23CCCCCCCCCCC2(C([NH])=O)[Si]3(C)C)=C1C. The van der Waals surface area contributed by atoms with Gasteiger partial charge >= 0.3 is 0 Å². The number of nitrogens with one attached hydrogen (secondary N) is 1. The van der Waals surface area contributed by atoms with Crippen LogP contribution in [0.2, 0.25) is 23.2 Å². The van der Waals surface area contributed by atoms with Gasteiger partial charge in [0.05, 0.1) is 13.1 Å². The van der Waals surface area contributed by atoms with E-state index in [0.717, 1.165) is 19.3 Å². The van der Waals surface area contributed by atoms with E-state index in [1.807, 2.05) is 0 Å². The molecule has 3 rings (SSSR count). The lowest BCUT2D eigenvalue weighted by molar-refractivity contribution is -0.121. The van der Waals surface area contributed by atoms with Crippen LogP contribution in [-0.4, -0.2) is 14.0 Å². The minimum atomic E-state index is -1.89. The Balaban J connectivity index is 2.11. The van der Waals surface area contributed by atoms with Crippen LogP contribution >= 0.6 is 0 Å². The molecule has 1 radical (unpaired) electrons. The molecule has 0 spiro atoms. The minimum Gasteiger partial charge on any atom is -0.273 e. The van der Waals surface area contributed by atoms with Crippen LogP contribution < -0.4 is 5.73 Å². The number of rotatable bonds is 2. The molecule has 0 aromatic heterocycles. The Morgan fingerprint density at radius 2 is 1.37 bits per heavy atom. The Morgan fingerprint density at radius 1 is 0.889 bits per heavy atom. The van der Waals surface area contributed by atoms with E-state index in [1.165, 1.54) is 61.7 Å². The van der Waals surface area contributed by atoms with Gasteiger partial charge in [-0.25, -0.2) is 0 Å². The molecule has 151 valence electrons. The summed E-state index contributed by atoms with van der Waals surface area (Å²) in [5.74, 6) is 0.219. The molecule has 3 atom stereocenters. The Bertz CT molecular complexity index is 688. The van der Waals surface area contributed by atoms with Crippen LogP contribution in [0.25, 0.3) is 0 Å². The molecule has 1 amide bonds. The first-order chi connectivity index (χ1) is 12.7. The third-order valence-corrected chi connectivity index (χ3v) is 15.0. The molecule has 0 bridgehead atoms. The van der Waals surface area contributed by atoms with Crippen LogP contribution in [0.1, 0.15) is 91.9 Å². The summed E-state index contributed by atoms with van der Waals surface area (Å²) in [6.45, 7) is 14.1. The third kappa shape index (κ3) is 2.67. The van der Waals surface area contributed by atoms with E-state index >= 15 is 0 Å². The lowest BCUT2D eigenvalue weighted by atomic mass is 9.74. The van der Waals surface area contributed by atoms with Gasteiger partial charge in [-0.2, -0.15) is 0 Å². The molecule has 1 aliphatic heterocycles. The first-order valence-corrected chi connectivity index (χ1v) is 14.3. The highest BCUT2D eigenvalue weighted by molar-refractivity contribution is 6.99. The van der Waals surface area contributed by atoms with Crippen molar-refractivity contribution < 1.29 is 4.79 Å². The van der Waals surface area contributed by atoms with Crippen LogP contribution in [0.4, 0.5) is 0 Å². The highest BCUT2D eigenvalue weighted by Gasteiger charge is 2.86. The maximum atomic E-state index is 13.0. The summed E-state index contributed by atoms with van der Waals surface area (Å²) < 4.78 is 0. The number of allylic oxidation sites excluding steroid dienone is 4. The first-order valence-electron chi connectivity index (χ1n) is 11.3. The first kappa shape index (κ1) is 20.9. The summed E-state index contributed by atoms with van der Waals surface area (Å²) in [6, 6.07) is 0. The topological polar surface area (TPSA) is 40.9 Å². The highest BCUT2D eigenvalue weighted by Crippen LogP contribution is 2.90. The zero-order valence-corrected chi connectivity index (χ0v) is 19.6. The fourth-order valence-electron chi connectivity index (χ4n) is 7.30. The van der Waals surface area contributed by atoms with Gasteiger partial charge in [0.2, 0.25) is 5.91 Å². The molecule has 2 aliphatic carbocycles. The average molecular weight is 387 g/mol. The molecule has 3 unspecified atom stereocenters. The van der Waals surface area contributed by atoms with Gasteiger partial charge in [-0.3, -0.25) is 10.5 Å². The van der Waals surface area contributed by atoms with Gasteiger partial charge in [0.15, 0.2) is 0 Å². The van der Waals surface area contributed by atoms with Crippen LogP contribution in [0.15, 0.2) is 22.3 Å². The zero-order chi connectivity index (χ0) is 20.0. The Hall–Kier alpha value is -0.833. The number of carbonyl (C=O) groups excluding carboxylic acids is 1. The number of hydrogen-bond acceptors (Lipinski definition) is 1. The predicted octanol–water partition coefficient (Wildman–Crippen LogP) is 7.22. The third-order valence-electron chi connectivity index (χ3n) is 9.14. The number of fused-ring (bicyclic) bond motifs is 1. The molecule has 0 aromatic carbocycles. The van der Waals surface area contributed by atoms with Crippen LogP contribution in [0.3, 0.4) is 0 Å². The monoisotopic (exact) mass is 386 g/mol. The van der Waals surface area contributed by atoms with Gasteiger partial charge in [0.1, 0.15) is 0 Å². The molecular formula is C24H40NOSi. The van der Waals surface area contributed by atoms with Gasteiger partial charge in [-0.1, -0.05) is 82.5 Å².